The lowest BCUT2D eigenvalue weighted by Gasteiger charge is -2.29. The monoisotopic (exact) mass is 494 g/mol. The number of halogens is 1. The Kier molecular flexibility index (Phi) is 5.75. The van der Waals surface area contributed by atoms with Crippen molar-refractivity contribution in [2.75, 3.05) is 13.6 Å². The number of carbonyl (C=O) groups is 2. The molecule has 1 N–H and O–H groups in total. The Bertz CT molecular complexity index is 1450. The second-order valence-corrected chi connectivity index (χ2v) is 10.7. The standard InChI is InChI=1S/C26H27FN4O3S/c1-26(2,3)34-25(33)30-11-5-6-20(30)15-7-9-17(18(27)12-15)19-14-31-21-10-8-16(23(32)28-4)13-22(21)35-24(31)29-19/h7-10,12-14,20H,5-6,11H2,1-4H3,(H,28,32). The summed E-state index contributed by atoms with van der Waals surface area (Å²) in [6.45, 7) is 6.10. The van der Waals surface area contributed by atoms with Crippen LogP contribution in [0.4, 0.5) is 9.18 Å². The van der Waals surface area contributed by atoms with Gasteiger partial charge in [0.25, 0.3) is 5.91 Å². The molecule has 7 nitrogen and oxygen atoms in total. The van der Waals surface area contributed by atoms with Crippen LogP contribution in [0.2, 0.25) is 0 Å². The smallest absolute Gasteiger partial charge is 0.410 e. The lowest BCUT2D eigenvalue weighted by molar-refractivity contribution is 0.0224. The molecular formula is C26H27FN4O3S. The molecule has 1 aliphatic heterocycles. The summed E-state index contributed by atoms with van der Waals surface area (Å²) in [6, 6.07) is 10.4. The highest BCUT2D eigenvalue weighted by atomic mass is 32.1. The number of ether oxygens (including phenoxy) is 1. The Morgan fingerprint density at radius 1 is 1.20 bits per heavy atom. The first-order chi connectivity index (χ1) is 16.6. The molecule has 5 rings (SSSR count). The number of nitrogens with zero attached hydrogens (tertiary/aromatic N) is 3. The number of amides is 2. The molecule has 1 unspecified atom stereocenters. The molecule has 2 aromatic carbocycles. The normalized spacial score (nSPS) is 16.3. The molecule has 0 bridgehead atoms. The molecule has 4 aromatic rings. The van der Waals surface area contributed by atoms with Crippen molar-refractivity contribution in [2.45, 2.75) is 45.3 Å². The summed E-state index contributed by atoms with van der Waals surface area (Å²) < 4.78 is 23.7. The van der Waals surface area contributed by atoms with Crippen molar-refractivity contribution in [2.24, 2.45) is 0 Å². The van der Waals surface area contributed by atoms with Crippen molar-refractivity contribution in [1.29, 1.82) is 0 Å². The molecule has 0 spiro atoms. The SMILES string of the molecule is CNC(=O)c1ccc2c(c1)sc1nc(-c3ccc(C4CCCN4C(=O)OC(C)(C)C)cc3F)cn12. The minimum Gasteiger partial charge on any atom is -0.444 e. The van der Waals surface area contributed by atoms with Gasteiger partial charge in [0, 0.05) is 30.9 Å². The average Bonchev–Trinajstić information content (AvgIpc) is 3.51. The Hall–Kier alpha value is -3.46. The topological polar surface area (TPSA) is 75.9 Å². The second kappa shape index (κ2) is 8.64. The maximum absolute atomic E-state index is 15.3. The van der Waals surface area contributed by atoms with Crippen LogP contribution >= 0.6 is 11.3 Å². The summed E-state index contributed by atoms with van der Waals surface area (Å²) >= 11 is 1.45. The first-order valence-electron chi connectivity index (χ1n) is 11.6. The largest absolute Gasteiger partial charge is 0.444 e. The van der Waals surface area contributed by atoms with Gasteiger partial charge in [-0.3, -0.25) is 9.20 Å². The van der Waals surface area contributed by atoms with Crippen LogP contribution in [0.5, 0.6) is 0 Å². The molecule has 0 saturated carbocycles. The van der Waals surface area contributed by atoms with Crippen LogP contribution in [0.3, 0.4) is 0 Å². The van der Waals surface area contributed by atoms with Crippen LogP contribution < -0.4 is 5.32 Å². The van der Waals surface area contributed by atoms with Crippen LogP contribution in [0, 0.1) is 5.82 Å². The number of hydrogen-bond donors (Lipinski definition) is 1. The molecule has 1 aliphatic rings. The van der Waals surface area contributed by atoms with E-state index in [0.29, 0.717) is 23.4 Å². The van der Waals surface area contributed by atoms with E-state index in [1.165, 1.54) is 17.4 Å². The van der Waals surface area contributed by atoms with Gasteiger partial charge in [-0.15, -0.1) is 0 Å². The van der Waals surface area contributed by atoms with E-state index in [2.05, 4.69) is 10.3 Å². The van der Waals surface area contributed by atoms with Crippen LogP contribution in [0.25, 0.3) is 26.4 Å². The van der Waals surface area contributed by atoms with Crippen molar-refractivity contribution in [1.82, 2.24) is 19.6 Å². The van der Waals surface area contributed by atoms with E-state index in [0.717, 1.165) is 33.6 Å². The minimum absolute atomic E-state index is 0.145. The molecule has 2 aromatic heterocycles. The zero-order valence-corrected chi connectivity index (χ0v) is 20.9. The molecule has 9 heteroatoms. The molecule has 3 heterocycles. The number of rotatable bonds is 3. The van der Waals surface area contributed by atoms with Gasteiger partial charge in [0.05, 0.1) is 22.0 Å². The van der Waals surface area contributed by atoms with Crippen LogP contribution in [-0.4, -0.2) is 45.5 Å². The van der Waals surface area contributed by atoms with Gasteiger partial charge in [-0.2, -0.15) is 0 Å². The van der Waals surface area contributed by atoms with Gasteiger partial charge in [-0.1, -0.05) is 17.4 Å². The Morgan fingerprint density at radius 2 is 2.00 bits per heavy atom. The zero-order valence-electron chi connectivity index (χ0n) is 20.1. The Labute approximate surface area is 206 Å². The van der Waals surface area contributed by atoms with Crippen molar-refractivity contribution < 1.29 is 18.7 Å². The number of likely N-dealkylation sites (tertiary alicyclic amines) is 1. The molecule has 0 radical (unpaired) electrons. The summed E-state index contributed by atoms with van der Waals surface area (Å²) in [4.78, 5) is 31.6. The molecular weight excluding hydrogens is 467 g/mol. The zero-order chi connectivity index (χ0) is 24.9. The van der Waals surface area contributed by atoms with E-state index in [9.17, 15) is 9.59 Å². The van der Waals surface area contributed by atoms with Crippen molar-refractivity contribution >= 4 is 38.5 Å². The van der Waals surface area contributed by atoms with Crippen LogP contribution in [-0.2, 0) is 4.74 Å². The summed E-state index contributed by atoms with van der Waals surface area (Å²) in [6.07, 6.45) is 3.06. The summed E-state index contributed by atoms with van der Waals surface area (Å²) in [7, 11) is 1.60. The number of fused-ring (bicyclic) bond motifs is 3. The van der Waals surface area contributed by atoms with Crippen molar-refractivity contribution in [3.8, 4) is 11.3 Å². The summed E-state index contributed by atoms with van der Waals surface area (Å²) in [5.74, 6) is -0.524. The maximum atomic E-state index is 15.3. The second-order valence-electron chi connectivity index (χ2n) is 9.71. The number of benzene rings is 2. The quantitative estimate of drug-likeness (QED) is 0.391. The van der Waals surface area contributed by atoms with E-state index in [1.807, 2.05) is 49.6 Å². The Balaban J connectivity index is 1.43. The van der Waals surface area contributed by atoms with Crippen molar-refractivity contribution in [3.63, 3.8) is 0 Å². The van der Waals surface area contributed by atoms with Gasteiger partial charge in [0.1, 0.15) is 11.4 Å². The fourth-order valence-electron chi connectivity index (χ4n) is 4.52. The lowest BCUT2D eigenvalue weighted by atomic mass is 10.0. The van der Waals surface area contributed by atoms with Crippen LogP contribution in [0.1, 0.15) is 55.6 Å². The number of aromatic nitrogens is 2. The highest BCUT2D eigenvalue weighted by molar-refractivity contribution is 7.23. The van der Waals surface area contributed by atoms with Gasteiger partial charge in [-0.25, -0.2) is 14.2 Å². The third kappa shape index (κ3) is 4.36. The van der Waals surface area contributed by atoms with Gasteiger partial charge >= 0.3 is 6.09 Å². The van der Waals surface area contributed by atoms with Gasteiger partial charge < -0.3 is 15.0 Å². The van der Waals surface area contributed by atoms with Gasteiger partial charge in [0.2, 0.25) is 0 Å². The highest BCUT2D eigenvalue weighted by Crippen LogP contribution is 2.36. The molecule has 2 amide bonds. The fourth-order valence-corrected chi connectivity index (χ4v) is 5.56. The van der Waals surface area contributed by atoms with E-state index in [1.54, 1.807) is 24.1 Å². The maximum Gasteiger partial charge on any atom is 0.410 e. The van der Waals surface area contributed by atoms with E-state index < -0.39 is 5.60 Å². The summed E-state index contributed by atoms with van der Waals surface area (Å²) in [5, 5.41) is 2.63. The molecule has 1 atom stereocenters. The number of carbonyl (C=O) groups excluding carboxylic acids is 2. The highest BCUT2D eigenvalue weighted by Gasteiger charge is 2.33. The molecule has 1 fully saturated rings. The Morgan fingerprint density at radius 3 is 2.71 bits per heavy atom. The molecule has 0 aliphatic carbocycles. The van der Waals surface area contributed by atoms with Gasteiger partial charge in [-0.05, 0) is 69.5 Å². The minimum atomic E-state index is -0.582. The van der Waals surface area contributed by atoms with E-state index in [4.69, 9.17) is 4.74 Å². The van der Waals surface area contributed by atoms with E-state index in [-0.39, 0.29) is 23.9 Å². The number of imidazole rings is 1. The van der Waals surface area contributed by atoms with Crippen molar-refractivity contribution in [3.05, 3.63) is 59.5 Å². The first kappa shape index (κ1) is 23.3. The average molecular weight is 495 g/mol. The molecule has 35 heavy (non-hydrogen) atoms. The van der Waals surface area contributed by atoms with E-state index >= 15 is 4.39 Å². The third-order valence-corrected chi connectivity index (χ3v) is 7.14. The predicted octanol–water partition coefficient (Wildman–Crippen LogP) is 5.79. The van der Waals surface area contributed by atoms with Crippen LogP contribution in [0.15, 0.2) is 42.6 Å². The summed E-state index contributed by atoms with van der Waals surface area (Å²) in [5.41, 5.74) is 2.60. The fraction of sp³-hybridized carbons (Fsp3) is 0.346. The predicted molar refractivity (Wildman–Crippen MR) is 134 cm³/mol. The number of hydrogen-bond acceptors (Lipinski definition) is 5. The lowest BCUT2D eigenvalue weighted by Crippen LogP contribution is -2.36. The number of nitrogens with one attached hydrogen (secondary N) is 1. The molecule has 1 saturated heterocycles. The third-order valence-electron chi connectivity index (χ3n) is 6.12. The first-order valence-corrected chi connectivity index (χ1v) is 12.4. The number of thiazole rings is 1. The molecule has 182 valence electrons. The van der Waals surface area contributed by atoms with Gasteiger partial charge in [0.15, 0.2) is 4.96 Å².